The Kier molecular flexibility index (Phi) is 5.30. The molecule has 4 rings (SSSR count). The maximum Gasteiger partial charge on any atom is 0.133 e. The second-order valence-electron chi connectivity index (χ2n) is 8.08. The van der Waals surface area contributed by atoms with Gasteiger partial charge in [0.15, 0.2) is 0 Å². The summed E-state index contributed by atoms with van der Waals surface area (Å²) in [6.45, 7) is 12.8. The number of hydrogen-bond acceptors (Lipinski definition) is 5. The minimum atomic E-state index is 0.784. The Hall–Kier alpha value is -2.14. The molecule has 0 unspecified atom stereocenters. The van der Waals surface area contributed by atoms with Gasteiger partial charge in [-0.1, -0.05) is 12.1 Å². The number of aryl methyl sites for hydroxylation is 2. The molecule has 2 aliphatic rings. The van der Waals surface area contributed by atoms with Gasteiger partial charge in [-0.25, -0.2) is 9.97 Å². The average molecular weight is 366 g/mol. The van der Waals surface area contributed by atoms with Gasteiger partial charge in [-0.15, -0.1) is 0 Å². The standard InChI is InChI=1S/C22H31N5/c1-16-17(2)24-18(3)25-22(16)23-14-19-6-8-21(9-7-19)27-12-10-26(11-13-27)15-20-4-5-20/h6-9,20H,4-5,10-15H2,1-3H3,(H,23,24,25). The van der Waals surface area contributed by atoms with E-state index in [2.05, 4.69) is 56.3 Å². The minimum Gasteiger partial charge on any atom is -0.369 e. The van der Waals surface area contributed by atoms with Crippen molar-refractivity contribution in [2.24, 2.45) is 5.92 Å². The van der Waals surface area contributed by atoms with Crippen LogP contribution in [0.5, 0.6) is 0 Å². The fraction of sp³-hybridized carbons (Fsp3) is 0.545. The monoisotopic (exact) mass is 365 g/mol. The molecule has 5 heteroatoms. The number of nitrogens with one attached hydrogen (secondary N) is 1. The Labute approximate surface area is 162 Å². The third kappa shape index (κ3) is 4.59. The van der Waals surface area contributed by atoms with Crippen LogP contribution in [0, 0.1) is 26.7 Å². The molecule has 1 N–H and O–H groups in total. The summed E-state index contributed by atoms with van der Waals surface area (Å²) >= 11 is 0. The van der Waals surface area contributed by atoms with Crippen LogP contribution >= 0.6 is 0 Å². The Morgan fingerprint density at radius 1 is 0.963 bits per heavy atom. The van der Waals surface area contributed by atoms with E-state index in [0.717, 1.165) is 48.5 Å². The summed E-state index contributed by atoms with van der Waals surface area (Å²) in [5.74, 6) is 2.75. The lowest BCUT2D eigenvalue weighted by Crippen LogP contribution is -2.47. The van der Waals surface area contributed by atoms with Crippen molar-refractivity contribution in [1.82, 2.24) is 14.9 Å². The van der Waals surface area contributed by atoms with E-state index in [9.17, 15) is 0 Å². The third-order valence-electron chi connectivity index (χ3n) is 5.85. The highest BCUT2D eigenvalue weighted by atomic mass is 15.3. The lowest BCUT2D eigenvalue weighted by Gasteiger charge is -2.36. The molecule has 2 aromatic rings. The Morgan fingerprint density at radius 3 is 2.33 bits per heavy atom. The number of benzene rings is 1. The Bertz CT molecular complexity index is 774. The summed E-state index contributed by atoms with van der Waals surface area (Å²) in [6, 6.07) is 8.98. The van der Waals surface area contributed by atoms with Crippen LogP contribution in [0.2, 0.25) is 0 Å². The van der Waals surface area contributed by atoms with Crippen molar-refractivity contribution in [3.05, 3.63) is 46.9 Å². The van der Waals surface area contributed by atoms with Crippen molar-refractivity contribution >= 4 is 11.5 Å². The van der Waals surface area contributed by atoms with Crippen LogP contribution in [0.3, 0.4) is 0 Å². The molecule has 0 atom stereocenters. The fourth-order valence-corrected chi connectivity index (χ4v) is 3.81. The van der Waals surface area contributed by atoms with Gasteiger partial charge in [0.1, 0.15) is 11.6 Å². The number of nitrogens with zero attached hydrogens (tertiary/aromatic N) is 4. The van der Waals surface area contributed by atoms with Crippen molar-refractivity contribution in [2.75, 3.05) is 42.9 Å². The molecule has 0 bridgehead atoms. The van der Waals surface area contributed by atoms with E-state index in [0.29, 0.717) is 0 Å². The van der Waals surface area contributed by atoms with Crippen LogP contribution in [0.1, 0.15) is 35.5 Å². The zero-order chi connectivity index (χ0) is 18.8. The second kappa shape index (κ2) is 7.85. The summed E-state index contributed by atoms with van der Waals surface area (Å²) in [4.78, 5) is 14.1. The molecule has 144 valence electrons. The quantitative estimate of drug-likeness (QED) is 0.848. The van der Waals surface area contributed by atoms with Crippen molar-refractivity contribution in [1.29, 1.82) is 0 Å². The van der Waals surface area contributed by atoms with Crippen LogP contribution < -0.4 is 10.2 Å². The first kappa shape index (κ1) is 18.2. The predicted octanol–water partition coefficient (Wildman–Crippen LogP) is 3.55. The highest BCUT2D eigenvalue weighted by Gasteiger charge is 2.26. The van der Waals surface area contributed by atoms with E-state index in [-0.39, 0.29) is 0 Å². The molecule has 0 spiro atoms. The smallest absolute Gasteiger partial charge is 0.133 e. The van der Waals surface area contributed by atoms with Gasteiger partial charge in [-0.05, 0) is 57.2 Å². The third-order valence-corrected chi connectivity index (χ3v) is 5.85. The van der Waals surface area contributed by atoms with Gasteiger partial charge < -0.3 is 10.2 Å². The molecule has 1 aromatic heterocycles. The predicted molar refractivity (Wildman–Crippen MR) is 111 cm³/mol. The Balaban J connectivity index is 1.31. The van der Waals surface area contributed by atoms with Gasteiger partial charge in [0.05, 0.1) is 0 Å². The molecule has 2 heterocycles. The fourth-order valence-electron chi connectivity index (χ4n) is 3.81. The van der Waals surface area contributed by atoms with Crippen LogP contribution in [0.25, 0.3) is 0 Å². The van der Waals surface area contributed by atoms with E-state index < -0.39 is 0 Å². The molecule has 5 nitrogen and oxygen atoms in total. The van der Waals surface area contributed by atoms with Crippen molar-refractivity contribution < 1.29 is 0 Å². The summed E-state index contributed by atoms with van der Waals surface area (Å²) < 4.78 is 0. The van der Waals surface area contributed by atoms with Crippen molar-refractivity contribution in [3.8, 4) is 0 Å². The summed E-state index contributed by atoms with van der Waals surface area (Å²) in [6.07, 6.45) is 2.90. The molecule has 2 fully saturated rings. The van der Waals surface area contributed by atoms with Crippen molar-refractivity contribution in [2.45, 2.75) is 40.2 Å². The van der Waals surface area contributed by atoms with E-state index in [1.807, 2.05) is 13.8 Å². The first-order valence-electron chi connectivity index (χ1n) is 10.2. The lowest BCUT2D eigenvalue weighted by molar-refractivity contribution is 0.248. The van der Waals surface area contributed by atoms with Crippen LogP contribution in [-0.2, 0) is 6.54 Å². The van der Waals surface area contributed by atoms with E-state index in [4.69, 9.17) is 0 Å². The maximum absolute atomic E-state index is 4.54. The minimum absolute atomic E-state index is 0.784. The lowest BCUT2D eigenvalue weighted by atomic mass is 10.1. The molecule has 1 aliphatic heterocycles. The number of rotatable bonds is 6. The molecule has 1 aromatic carbocycles. The van der Waals surface area contributed by atoms with E-state index >= 15 is 0 Å². The highest BCUT2D eigenvalue weighted by molar-refractivity contribution is 5.50. The zero-order valence-corrected chi connectivity index (χ0v) is 16.8. The average Bonchev–Trinajstić information content (AvgIpc) is 3.49. The van der Waals surface area contributed by atoms with Crippen LogP contribution in [0.4, 0.5) is 11.5 Å². The molecular weight excluding hydrogens is 334 g/mol. The molecule has 1 aliphatic carbocycles. The number of piperazine rings is 1. The normalized spacial score (nSPS) is 18.0. The number of anilines is 2. The topological polar surface area (TPSA) is 44.3 Å². The maximum atomic E-state index is 4.54. The second-order valence-corrected chi connectivity index (χ2v) is 8.08. The zero-order valence-electron chi connectivity index (χ0n) is 16.8. The first-order valence-corrected chi connectivity index (χ1v) is 10.2. The van der Waals surface area contributed by atoms with Gasteiger partial charge in [0.25, 0.3) is 0 Å². The van der Waals surface area contributed by atoms with E-state index in [1.165, 1.54) is 43.7 Å². The van der Waals surface area contributed by atoms with Crippen LogP contribution in [0.15, 0.2) is 24.3 Å². The molecule has 1 saturated carbocycles. The summed E-state index contributed by atoms with van der Waals surface area (Å²) in [5.41, 5.74) is 4.79. The summed E-state index contributed by atoms with van der Waals surface area (Å²) in [5, 5.41) is 3.47. The molecule has 27 heavy (non-hydrogen) atoms. The molecule has 0 radical (unpaired) electrons. The van der Waals surface area contributed by atoms with Gasteiger partial charge >= 0.3 is 0 Å². The SMILES string of the molecule is Cc1nc(C)c(C)c(NCc2ccc(N3CCN(CC4CC4)CC3)cc2)n1. The molecule has 0 amide bonds. The van der Waals surface area contributed by atoms with Gasteiger partial charge in [-0.3, -0.25) is 4.90 Å². The Morgan fingerprint density at radius 2 is 1.67 bits per heavy atom. The van der Waals surface area contributed by atoms with Gasteiger partial charge in [-0.2, -0.15) is 0 Å². The largest absolute Gasteiger partial charge is 0.369 e. The van der Waals surface area contributed by atoms with Gasteiger partial charge in [0.2, 0.25) is 0 Å². The molecule has 1 saturated heterocycles. The number of hydrogen-bond donors (Lipinski definition) is 1. The van der Waals surface area contributed by atoms with Crippen LogP contribution in [-0.4, -0.2) is 47.6 Å². The van der Waals surface area contributed by atoms with E-state index in [1.54, 1.807) is 0 Å². The molecular formula is C22H31N5. The number of aromatic nitrogens is 2. The summed E-state index contributed by atoms with van der Waals surface area (Å²) in [7, 11) is 0. The first-order chi connectivity index (χ1) is 13.1. The highest BCUT2D eigenvalue weighted by Crippen LogP contribution is 2.30. The van der Waals surface area contributed by atoms with Crippen molar-refractivity contribution in [3.63, 3.8) is 0 Å². The van der Waals surface area contributed by atoms with Gasteiger partial charge in [0, 0.05) is 56.2 Å².